The van der Waals surface area contributed by atoms with E-state index in [1.54, 1.807) is 60.7 Å². The van der Waals surface area contributed by atoms with E-state index in [1.165, 1.54) is 39.2 Å². The first-order valence-electron chi connectivity index (χ1n) is 15.0. The van der Waals surface area contributed by atoms with E-state index in [2.05, 4.69) is 16.0 Å². The molecule has 10 heteroatoms. The van der Waals surface area contributed by atoms with Gasteiger partial charge in [0, 0.05) is 38.8 Å². The van der Waals surface area contributed by atoms with Crippen molar-refractivity contribution in [2.45, 2.75) is 17.1 Å². The second-order valence-electron chi connectivity index (χ2n) is 10.6. The molecule has 5 rings (SSSR count). The molecule has 5 aromatic rings. The minimum absolute atomic E-state index is 0.0322. The highest BCUT2D eigenvalue weighted by Crippen LogP contribution is 2.36. The van der Waals surface area contributed by atoms with Gasteiger partial charge in [-0.05, 0) is 60.9 Å². The number of thioether (sulfide) groups is 1. The summed E-state index contributed by atoms with van der Waals surface area (Å²) in [5.41, 5.74) is 2.05. The number of hydrogen-bond donors (Lipinski definition) is 3. The first kappa shape index (κ1) is 33.6. The van der Waals surface area contributed by atoms with Crippen molar-refractivity contribution in [2.24, 2.45) is 0 Å². The topological polar surface area (TPSA) is 115 Å². The molecule has 0 fully saturated rings. The van der Waals surface area contributed by atoms with Gasteiger partial charge in [0.1, 0.15) is 11.4 Å². The molecule has 0 bridgehead atoms. The van der Waals surface area contributed by atoms with Crippen LogP contribution < -0.4 is 30.2 Å². The van der Waals surface area contributed by atoms with Crippen molar-refractivity contribution in [2.75, 3.05) is 32.0 Å². The zero-order chi connectivity index (χ0) is 34.0. The summed E-state index contributed by atoms with van der Waals surface area (Å²) >= 11 is 1.36. The van der Waals surface area contributed by atoms with Gasteiger partial charge < -0.3 is 30.2 Å². The molecule has 5 aromatic carbocycles. The summed E-state index contributed by atoms with van der Waals surface area (Å²) in [7, 11) is 4.51. The number of rotatable bonds is 12. The molecule has 1 unspecified atom stereocenters. The van der Waals surface area contributed by atoms with Gasteiger partial charge in [-0.1, -0.05) is 60.7 Å². The summed E-state index contributed by atoms with van der Waals surface area (Å²) in [6.07, 6.45) is 1.51. The number of benzene rings is 5. The van der Waals surface area contributed by atoms with Crippen LogP contribution in [0.15, 0.2) is 120 Å². The summed E-state index contributed by atoms with van der Waals surface area (Å²) in [6, 6.07) is 32.7. The van der Waals surface area contributed by atoms with E-state index in [0.29, 0.717) is 34.1 Å². The van der Waals surface area contributed by atoms with Crippen LogP contribution in [0.1, 0.15) is 22.8 Å². The van der Waals surface area contributed by atoms with Crippen LogP contribution >= 0.6 is 11.8 Å². The van der Waals surface area contributed by atoms with Crippen LogP contribution in [0.2, 0.25) is 0 Å². The maximum Gasteiger partial charge on any atom is 0.272 e. The monoisotopic (exact) mass is 661 g/mol. The molecule has 3 N–H and O–H groups in total. The van der Waals surface area contributed by atoms with Crippen molar-refractivity contribution in [3.05, 3.63) is 126 Å². The van der Waals surface area contributed by atoms with E-state index in [-0.39, 0.29) is 11.6 Å². The Kier molecular flexibility index (Phi) is 11.0. The molecular formula is C38H35N3O6S. The molecule has 48 heavy (non-hydrogen) atoms. The molecule has 244 valence electrons. The molecule has 0 aliphatic heterocycles. The van der Waals surface area contributed by atoms with Crippen LogP contribution in [0.25, 0.3) is 16.8 Å². The SMILES string of the molecule is COc1cc(OC)c(OC)cc1/C=C(/NC(=O)c1ccccc1)C(=O)Nc1cccc(SC(C)C(=O)Nc2cccc3ccccc23)c1. The average Bonchev–Trinajstić information content (AvgIpc) is 3.11. The Morgan fingerprint density at radius 1 is 0.708 bits per heavy atom. The third-order valence-electron chi connectivity index (χ3n) is 7.39. The van der Waals surface area contributed by atoms with Gasteiger partial charge in [-0.3, -0.25) is 14.4 Å². The average molecular weight is 662 g/mol. The van der Waals surface area contributed by atoms with Crippen molar-refractivity contribution in [1.29, 1.82) is 0 Å². The highest BCUT2D eigenvalue weighted by atomic mass is 32.2. The molecule has 0 aromatic heterocycles. The van der Waals surface area contributed by atoms with Crippen molar-refractivity contribution >= 4 is 57.7 Å². The number of carbonyl (C=O) groups is 3. The van der Waals surface area contributed by atoms with Crippen molar-refractivity contribution < 1.29 is 28.6 Å². The number of fused-ring (bicyclic) bond motifs is 1. The summed E-state index contributed by atoms with van der Waals surface area (Å²) in [5.74, 6) is 0.0820. The van der Waals surface area contributed by atoms with Crippen LogP contribution in [0.3, 0.4) is 0 Å². The molecule has 0 aliphatic rings. The Hall–Kier alpha value is -5.74. The van der Waals surface area contributed by atoms with Gasteiger partial charge in [-0.25, -0.2) is 0 Å². The summed E-state index contributed by atoms with van der Waals surface area (Å²) in [5, 5.41) is 10.2. The second kappa shape index (κ2) is 15.7. The highest BCUT2D eigenvalue weighted by molar-refractivity contribution is 8.00. The largest absolute Gasteiger partial charge is 0.496 e. The van der Waals surface area contributed by atoms with E-state index in [4.69, 9.17) is 14.2 Å². The number of anilines is 2. The normalized spacial score (nSPS) is 11.7. The van der Waals surface area contributed by atoms with Crippen molar-refractivity contribution in [3.8, 4) is 17.2 Å². The molecule has 0 saturated carbocycles. The molecule has 0 radical (unpaired) electrons. The lowest BCUT2D eigenvalue weighted by Gasteiger charge is -2.16. The predicted octanol–water partition coefficient (Wildman–Crippen LogP) is 7.39. The highest BCUT2D eigenvalue weighted by Gasteiger charge is 2.19. The molecule has 9 nitrogen and oxygen atoms in total. The first-order chi connectivity index (χ1) is 23.3. The van der Waals surface area contributed by atoms with Gasteiger partial charge in [0.2, 0.25) is 5.91 Å². The molecule has 0 aliphatic carbocycles. The summed E-state index contributed by atoms with van der Waals surface area (Å²) in [6.45, 7) is 1.83. The van der Waals surface area contributed by atoms with Gasteiger partial charge in [0.25, 0.3) is 11.8 Å². The Morgan fingerprint density at radius 2 is 1.38 bits per heavy atom. The fourth-order valence-corrected chi connectivity index (χ4v) is 5.86. The van der Waals surface area contributed by atoms with Crippen molar-refractivity contribution in [1.82, 2.24) is 5.32 Å². The molecule has 0 spiro atoms. The maximum atomic E-state index is 13.8. The maximum absolute atomic E-state index is 13.8. The molecule has 0 heterocycles. The lowest BCUT2D eigenvalue weighted by Crippen LogP contribution is -2.30. The fourth-order valence-electron chi connectivity index (χ4n) is 4.94. The Bertz CT molecular complexity index is 1970. The van der Waals surface area contributed by atoms with E-state index in [9.17, 15) is 14.4 Å². The quantitative estimate of drug-likeness (QED) is 0.0943. The third kappa shape index (κ3) is 8.15. The van der Waals surface area contributed by atoms with Crippen LogP contribution in [-0.4, -0.2) is 44.3 Å². The van der Waals surface area contributed by atoms with Gasteiger partial charge in [-0.2, -0.15) is 0 Å². The zero-order valence-corrected chi connectivity index (χ0v) is 27.7. The van der Waals surface area contributed by atoms with Crippen LogP contribution in [0.4, 0.5) is 11.4 Å². The number of methoxy groups -OCH3 is 3. The predicted molar refractivity (Wildman–Crippen MR) is 191 cm³/mol. The minimum Gasteiger partial charge on any atom is -0.496 e. The number of carbonyl (C=O) groups excluding carboxylic acids is 3. The van der Waals surface area contributed by atoms with Gasteiger partial charge in [0.15, 0.2) is 11.5 Å². The van der Waals surface area contributed by atoms with Crippen LogP contribution in [0.5, 0.6) is 17.2 Å². The van der Waals surface area contributed by atoms with Gasteiger partial charge in [0.05, 0.1) is 26.6 Å². The molecule has 0 saturated heterocycles. The number of amides is 3. The number of nitrogens with one attached hydrogen (secondary N) is 3. The smallest absolute Gasteiger partial charge is 0.272 e. The fraction of sp³-hybridized carbons (Fsp3) is 0.132. The number of hydrogen-bond acceptors (Lipinski definition) is 7. The Labute approximate surface area is 283 Å². The van der Waals surface area contributed by atoms with E-state index < -0.39 is 17.1 Å². The Balaban J connectivity index is 1.36. The van der Waals surface area contributed by atoms with Gasteiger partial charge in [-0.15, -0.1) is 11.8 Å². The van der Waals surface area contributed by atoms with E-state index >= 15 is 0 Å². The summed E-state index contributed by atoms with van der Waals surface area (Å²) in [4.78, 5) is 40.9. The van der Waals surface area contributed by atoms with E-state index in [0.717, 1.165) is 21.4 Å². The van der Waals surface area contributed by atoms with E-state index in [1.807, 2.05) is 55.5 Å². The minimum atomic E-state index is -0.569. The van der Waals surface area contributed by atoms with Crippen molar-refractivity contribution in [3.63, 3.8) is 0 Å². The zero-order valence-electron chi connectivity index (χ0n) is 26.9. The lowest BCUT2D eigenvalue weighted by molar-refractivity contribution is -0.115. The standard InChI is InChI=1S/C38H35N3O6S/c1-24(36(42)40-31-19-10-15-25-12-8-9-18-30(25)31)48-29-17-11-16-28(22-29)39-38(44)32(41-37(43)26-13-6-5-7-14-26)20-27-21-34(46-3)35(47-4)23-33(27)45-2/h5-24H,1-4H3,(H,39,44)(H,40,42)(H,41,43)/b32-20+. The first-order valence-corrected chi connectivity index (χ1v) is 15.9. The Morgan fingerprint density at radius 3 is 2.12 bits per heavy atom. The van der Waals surface area contributed by atoms with Crippen LogP contribution in [0, 0.1) is 0 Å². The second-order valence-corrected chi connectivity index (χ2v) is 12.0. The third-order valence-corrected chi connectivity index (χ3v) is 8.48. The summed E-state index contributed by atoms with van der Waals surface area (Å²) < 4.78 is 16.4. The molecular weight excluding hydrogens is 626 g/mol. The molecule has 3 amide bonds. The number of ether oxygens (including phenoxy) is 3. The lowest BCUT2D eigenvalue weighted by atomic mass is 10.1. The molecule has 1 atom stereocenters. The van der Waals surface area contributed by atoms with Gasteiger partial charge >= 0.3 is 0 Å². The van der Waals surface area contributed by atoms with Crippen LogP contribution in [-0.2, 0) is 9.59 Å².